The van der Waals surface area contributed by atoms with E-state index in [1.54, 1.807) is 0 Å². The number of rotatable bonds is 4. The van der Waals surface area contributed by atoms with Gasteiger partial charge in [0.1, 0.15) is 11.7 Å². The minimum absolute atomic E-state index is 0.0261. The average molecular weight is 310 g/mol. The van der Waals surface area contributed by atoms with Crippen LogP contribution in [0.15, 0.2) is 0 Å². The maximum absolute atomic E-state index is 12.7. The van der Waals surface area contributed by atoms with Crippen LogP contribution in [-0.4, -0.2) is 23.6 Å². The highest BCUT2D eigenvalue weighted by Gasteiger charge is 2.45. The Kier molecular flexibility index (Phi) is 5.51. The van der Waals surface area contributed by atoms with Crippen molar-refractivity contribution >= 4 is 11.9 Å². The lowest BCUT2D eigenvalue weighted by Gasteiger charge is -2.30. The van der Waals surface area contributed by atoms with Crippen LogP contribution in [0.5, 0.6) is 0 Å². The van der Waals surface area contributed by atoms with Crippen molar-refractivity contribution < 1.29 is 19.1 Å². The van der Waals surface area contributed by atoms with Gasteiger partial charge in [-0.05, 0) is 56.8 Å². The van der Waals surface area contributed by atoms with Gasteiger partial charge in [-0.3, -0.25) is 9.59 Å². The molecule has 4 unspecified atom stereocenters. The monoisotopic (exact) mass is 310 g/mol. The normalized spacial score (nSPS) is 34.8. The minimum Gasteiger partial charge on any atom is -0.461 e. The SMILES string of the molecule is CCC1OC(=O)C(C(=O)OC2(CC)CCCC2)C(C)CC1C. The first-order valence-corrected chi connectivity index (χ1v) is 8.85. The lowest BCUT2D eigenvalue weighted by Crippen LogP contribution is -2.39. The average Bonchev–Trinajstić information content (AvgIpc) is 2.89. The molecule has 0 N–H and O–H groups in total. The fourth-order valence-electron chi connectivity index (χ4n) is 4.08. The van der Waals surface area contributed by atoms with Crippen LogP contribution >= 0.6 is 0 Å². The van der Waals surface area contributed by atoms with E-state index in [1.807, 2.05) is 13.8 Å². The standard InChI is InChI=1S/C18H30O4/c1-5-14-12(3)11-13(4)15(16(19)21-14)17(20)22-18(6-2)9-7-8-10-18/h12-15H,5-11H2,1-4H3. The third-order valence-corrected chi connectivity index (χ3v) is 5.60. The first kappa shape index (κ1) is 17.3. The van der Waals surface area contributed by atoms with E-state index in [9.17, 15) is 9.59 Å². The molecule has 1 heterocycles. The summed E-state index contributed by atoms with van der Waals surface area (Å²) in [5, 5.41) is 0. The smallest absolute Gasteiger partial charge is 0.321 e. The van der Waals surface area contributed by atoms with Crippen LogP contribution in [-0.2, 0) is 19.1 Å². The fourth-order valence-corrected chi connectivity index (χ4v) is 4.08. The van der Waals surface area contributed by atoms with Gasteiger partial charge in [-0.2, -0.15) is 0 Å². The minimum atomic E-state index is -0.761. The number of hydrogen-bond donors (Lipinski definition) is 0. The molecule has 0 aromatic heterocycles. The predicted octanol–water partition coefficient (Wildman–Crippen LogP) is 3.87. The first-order valence-electron chi connectivity index (χ1n) is 8.85. The van der Waals surface area contributed by atoms with Gasteiger partial charge in [-0.15, -0.1) is 0 Å². The Morgan fingerprint density at radius 1 is 1.23 bits per heavy atom. The second kappa shape index (κ2) is 7.01. The van der Waals surface area contributed by atoms with Crippen LogP contribution in [0.2, 0.25) is 0 Å². The lowest BCUT2D eigenvalue weighted by molar-refractivity contribution is -0.175. The number of hydrogen-bond acceptors (Lipinski definition) is 4. The molecule has 2 rings (SSSR count). The summed E-state index contributed by atoms with van der Waals surface area (Å²) in [5.41, 5.74) is -0.348. The van der Waals surface area contributed by atoms with Crippen molar-refractivity contribution in [2.75, 3.05) is 0 Å². The highest BCUT2D eigenvalue weighted by molar-refractivity contribution is 5.95. The summed E-state index contributed by atoms with van der Waals surface area (Å²) >= 11 is 0. The zero-order valence-electron chi connectivity index (χ0n) is 14.4. The lowest BCUT2D eigenvalue weighted by atomic mass is 9.85. The van der Waals surface area contributed by atoms with Crippen molar-refractivity contribution in [1.29, 1.82) is 0 Å². The topological polar surface area (TPSA) is 52.6 Å². The molecule has 0 aromatic carbocycles. The molecular weight excluding hydrogens is 280 g/mol. The summed E-state index contributed by atoms with van der Waals surface area (Å²) in [6.07, 6.45) is 6.38. The number of esters is 2. The molecule has 126 valence electrons. The third-order valence-electron chi connectivity index (χ3n) is 5.60. The van der Waals surface area contributed by atoms with Gasteiger partial charge in [0.2, 0.25) is 0 Å². The molecule has 0 amide bonds. The van der Waals surface area contributed by atoms with Crippen molar-refractivity contribution in [3.63, 3.8) is 0 Å². The quantitative estimate of drug-likeness (QED) is 0.584. The molecule has 22 heavy (non-hydrogen) atoms. The molecule has 1 saturated carbocycles. The van der Waals surface area contributed by atoms with Gasteiger partial charge < -0.3 is 9.47 Å². The van der Waals surface area contributed by atoms with Crippen LogP contribution in [0, 0.1) is 17.8 Å². The van der Waals surface area contributed by atoms with Gasteiger partial charge in [-0.25, -0.2) is 0 Å². The van der Waals surface area contributed by atoms with Crippen LogP contribution < -0.4 is 0 Å². The summed E-state index contributed by atoms with van der Waals surface area (Å²) < 4.78 is 11.4. The van der Waals surface area contributed by atoms with Crippen LogP contribution in [0.25, 0.3) is 0 Å². The highest BCUT2D eigenvalue weighted by atomic mass is 16.6. The van der Waals surface area contributed by atoms with Gasteiger partial charge in [0.25, 0.3) is 0 Å². The number of ether oxygens (including phenoxy) is 2. The van der Waals surface area contributed by atoms with E-state index in [2.05, 4.69) is 13.8 Å². The summed E-state index contributed by atoms with van der Waals surface area (Å²) in [6.45, 7) is 8.14. The van der Waals surface area contributed by atoms with Crippen molar-refractivity contribution in [3.05, 3.63) is 0 Å². The van der Waals surface area contributed by atoms with Gasteiger partial charge in [-0.1, -0.05) is 27.7 Å². The number of carbonyl (C=O) groups is 2. The van der Waals surface area contributed by atoms with Crippen LogP contribution in [0.3, 0.4) is 0 Å². The fraction of sp³-hybridized carbons (Fsp3) is 0.889. The van der Waals surface area contributed by atoms with E-state index >= 15 is 0 Å². The molecule has 1 saturated heterocycles. The van der Waals surface area contributed by atoms with Gasteiger partial charge in [0.15, 0.2) is 5.92 Å². The van der Waals surface area contributed by atoms with Gasteiger partial charge in [0.05, 0.1) is 0 Å². The van der Waals surface area contributed by atoms with E-state index in [0.29, 0.717) is 0 Å². The Morgan fingerprint density at radius 2 is 1.86 bits per heavy atom. The second-order valence-electron chi connectivity index (χ2n) is 7.22. The Morgan fingerprint density at radius 3 is 2.41 bits per heavy atom. The Hall–Kier alpha value is -1.06. The van der Waals surface area contributed by atoms with Crippen molar-refractivity contribution in [2.45, 2.75) is 84.3 Å². The Balaban J connectivity index is 2.11. The van der Waals surface area contributed by atoms with Crippen LogP contribution in [0.1, 0.15) is 72.6 Å². The maximum atomic E-state index is 12.7. The van der Waals surface area contributed by atoms with E-state index in [1.165, 1.54) is 0 Å². The number of cyclic esters (lactones) is 1. The predicted molar refractivity (Wildman–Crippen MR) is 84.2 cm³/mol. The van der Waals surface area contributed by atoms with Crippen molar-refractivity contribution in [3.8, 4) is 0 Å². The highest BCUT2D eigenvalue weighted by Crippen LogP contribution is 2.38. The molecule has 4 atom stereocenters. The zero-order chi connectivity index (χ0) is 16.3. The van der Waals surface area contributed by atoms with E-state index < -0.39 is 11.9 Å². The molecule has 0 bridgehead atoms. The van der Waals surface area contributed by atoms with Gasteiger partial charge >= 0.3 is 11.9 Å². The largest absolute Gasteiger partial charge is 0.461 e. The molecule has 0 aromatic rings. The van der Waals surface area contributed by atoms with E-state index in [0.717, 1.165) is 44.9 Å². The Labute approximate surface area is 133 Å². The molecule has 4 nitrogen and oxygen atoms in total. The van der Waals surface area contributed by atoms with E-state index in [4.69, 9.17) is 9.47 Å². The molecule has 2 aliphatic rings. The second-order valence-corrected chi connectivity index (χ2v) is 7.22. The summed E-state index contributed by atoms with van der Waals surface area (Å²) in [4.78, 5) is 25.1. The summed E-state index contributed by atoms with van der Waals surface area (Å²) in [7, 11) is 0. The Bertz CT molecular complexity index is 411. The molecule has 1 aliphatic heterocycles. The van der Waals surface area contributed by atoms with Gasteiger partial charge in [0, 0.05) is 0 Å². The molecule has 4 heteroatoms. The molecular formula is C18H30O4. The zero-order valence-corrected chi connectivity index (χ0v) is 14.4. The number of carbonyl (C=O) groups excluding carboxylic acids is 2. The summed E-state index contributed by atoms with van der Waals surface area (Å²) in [5.74, 6) is -1.26. The molecule has 2 fully saturated rings. The van der Waals surface area contributed by atoms with Crippen LogP contribution in [0.4, 0.5) is 0 Å². The van der Waals surface area contributed by atoms with E-state index in [-0.39, 0.29) is 29.5 Å². The summed E-state index contributed by atoms with van der Waals surface area (Å²) in [6, 6.07) is 0. The first-order chi connectivity index (χ1) is 10.4. The van der Waals surface area contributed by atoms with Crippen molar-refractivity contribution in [2.24, 2.45) is 17.8 Å². The molecule has 0 spiro atoms. The van der Waals surface area contributed by atoms with Crippen molar-refractivity contribution in [1.82, 2.24) is 0 Å². The molecule has 1 aliphatic carbocycles. The third kappa shape index (κ3) is 3.47. The maximum Gasteiger partial charge on any atom is 0.321 e. The molecule has 0 radical (unpaired) electrons.